The van der Waals surface area contributed by atoms with Gasteiger partial charge in [-0.2, -0.15) is 0 Å². The summed E-state index contributed by atoms with van der Waals surface area (Å²) < 4.78 is 19.0. The number of aliphatic imine (C=N–C) groups is 1. The monoisotopic (exact) mass is 554 g/mol. The van der Waals surface area contributed by atoms with E-state index in [-0.39, 0.29) is 41.8 Å². The molecule has 0 aromatic heterocycles. The topological polar surface area (TPSA) is 66.0 Å². The quantitative estimate of drug-likeness (QED) is 0.212. The van der Waals surface area contributed by atoms with E-state index < -0.39 is 0 Å². The third kappa shape index (κ3) is 7.96. The Bertz CT molecular complexity index is 884. The standard InChI is InChI=1S/C24H31FN4O2.HI/c1-3-26-24(28-15-18(2)31-22-11-6-10-21(25)14-22)27-13-7-12-23(30)29-16-19-8-4-5-9-20(19)17-29;/h4-6,8-11,14,18H,3,7,12-13,15-17H2,1-2H3,(H2,26,27,28);1H. The summed E-state index contributed by atoms with van der Waals surface area (Å²) in [5.41, 5.74) is 2.48. The number of nitrogens with zero attached hydrogens (tertiary/aromatic N) is 2. The predicted octanol–water partition coefficient (Wildman–Crippen LogP) is 4.09. The average Bonchev–Trinajstić information content (AvgIpc) is 3.19. The maximum Gasteiger partial charge on any atom is 0.223 e. The van der Waals surface area contributed by atoms with Crippen molar-refractivity contribution in [2.24, 2.45) is 4.99 Å². The zero-order valence-electron chi connectivity index (χ0n) is 18.6. The lowest BCUT2D eigenvalue weighted by atomic mass is 10.1. The number of guanidine groups is 1. The second-order valence-corrected chi connectivity index (χ2v) is 7.65. The molecule has 174 valence electrons. The van der Waals surface area contributed by atoms with E-state index in [0.717, 1.165) is 13.0 Å². The van der Waals surface area contributed by atoms with Crippen LogP contribution in [0, 0.1) is 5.82 Å². The summed E-state index contributed by atoms with van der Waals surface area (Å²) in [4.78, 5) is 19.0. The molecule has 8 heteroatoms. The SMILES string of the molecule is CCNC(=NCC(C)Oc1cccc(F)c1)NCCCC(=O)N1Cc2ccccc2C1.I. The van der Waals surface area contributed by atoms with Crippen molar-refractivity contribution in [1.82, 2.24) is 15.5 Å². The smallest absolute Gasteiger partial charge is 0.223 e. The first-order chi connectivity index (χ1) is 15.0. The zero-order valence-corrected chi connectivity index (χ0v) is 21.0. The molecule has 1 unspecified atom stereocenters. The van der Waals surface area contributed by atoms with E-state index in [2.05, 4.69) is 27.8 Å². The van der Waals surface area contributed by atoms with Gasteiger partial charge in [-0.1, -0.05) is 30.3 Å². The first-order valence-corrected chi connectivity index (χ1v) is 10.8. The number of fused-ring (bicyclic) bond motifs is 1. The largest absolute Gasteiger partial charge is 0.489 e. The van der Waals surface area contributed by atoms with E-state index >= 15 is 0 Å². The maximum absolute atomic E-state index is 13.3. The molecule has 2 N–H and O–H groups in total. The normalized spacial score (nSPS) is 13.7. The Morgan fingerprint density at radius 3 is 2.53 bits per heavy atom. The summed E-state index contributed by atoms with van der Waals surface area (Å²) in [5.74, 6) is 1.02. The van der Waals surface area contributed by atoms with Gasteiger partial charge in [0.25, 0.3) is 0 Å². The van der Waals surface area contributed by atoms with Crippen molar-refractivity contribution in [3.8, 4) is 5.75 Å². The highest BCUT2D eigenvalue weighted by atomic mass is 127. The van der Waals surface area contributed by atoms with Crippen molar-refractivity contribution in [1.29, 1.82) is 0 Å². The van der Waals surface area contributed by atoms with Crippen LogP contribution in [0.3, 0.4) is 0 Å². The molecule has 0 bridgehead atoms. The van der Waals surface area contributed by atoms with Gasteiger partial charge in [-0.3, -0.25) is 4.79 Å². The number of carbonyl (C=O) groups is 1. The maximum atomic E-state index is 13.3. The molecule has 0 spiro atoms. The number of carbonyl (C=O) groups excluding carboxylic acids is 1. The van der Waals surface area contributed by atoms with Crippen LogP contribution in [0.2, 0.25) is 0 Å². The van der Waals surface area contributed by atoms with Crippen LogP contribution in [0.15, 0.2) is 53.5 Å². The van der Waals surface area contributed by atoms with Gasteiger partial charge < -0.3 is 20.3 Å². The van der Waals surface area contributed by atoms with Crippen molar-refractivity contribution in [3.63, 3.8) is 0 Å². The van der Waals surface area contributed by atoms with E-state index in [0.29, 0.717) is 44.3 Å². The van der Waals surface area contributed by atoms with E-state index in [1.165, 1.54) is 23.3 Å². The number of nitrogens with one attached hydrogen (secondary N) is 2. The van der Waals surface area contributed by atoms with Gasteiger partial charge in [-0.25, -0.2) is 9.38 Å². The molecule has 1 amide bonds. The molecule has 1 aliphatic heterocycles. The number of halogens is 2. The van der Waals surface area contributed by atoms with Gasteiger partial charge in [0, 0.05) is 38.7 Å². The van der Waals surface area contributed by atoms with Crippen LogP contribution in [0.5, 0.6) is 5.75 Å². The number of hydrogen-bond donors (Lipinski definition) is 2. The van der Waals surface area contributed by atoms with Gasteiger partial charge in [0.1, 0.15) is 17.7 Å². The van der Waals surface area contributed by atoms with Crippen molar-refractivity contribution in [3.05, 3.63) is 65.5 Å². The lowest BCUT2D eigenvalue weighted by Crippen LogP contribution is -2.39. The van der Waals surface area contributed by atoms with Gasteiger partial charge in [-0.15, -0.1) is 24.0 Å². The molecule has 1 atom stereocenters. The molecule has 0 aliphatic carbocycles. The van der Waals surface area contributed by atoms with E-state index in [1.54, 1.807) is 12.1 Å². The van der Waals surface area contributed by atoms with Gasteiger partial charge >= 0.3 is 0 Å². The van der Waals surface area contributed by atoms with Crippen LogP contribution >= 0.6 is 24.0 Å². The van der Waals surface area contributed by atoms with Crippen molar-refractivity contribution < 1.29 is 13.9 Å². The number of ether oxygens (including phenoxy) is 1. The summed E-state index contributed by atoms with van der Waals surface area (Å²) in [5, 5.41) is 6.46. The minimum Gasteiger partial charge on any atom is -0.489 e. The van der Waals surface area contributed by atoms with Crippen LogP contribution in [-0.2, 0) is 17.9 Å². The molecular formula is C24H32FIN4O2. The zero-order chi connectivity index (χ0) is 22.1. The first-order valence-electron chi connectivity index (χ1n) is 10.8. The highest BCUT2D eigenvalue weighted by Gasteiger charge is 2.22. The molecule has 0 radical (unpaired) electrons. The molecule has 0 saturated carbocycles. The van der Waals surface area contributed by atoms with Crippen LogP contribution in [0.25, 0.3) is 0 Å². The molecular weight excluding hydrogens is 522 g/mol. The first kappa shape index (κ1) is 25.9. The van der Waals surface area contributed by atoms with E-state index in [9.17, 15) is 9.18 Å². The second-order valence-electron chi connectivity index (χ2n) is 7.65. The second kappa shape index (κ2) is 13.2. The van der Waals surface area contributed by atoms with Gasteiger partial charge in [-0.05, 0) is 43.5 Å². The van der Waals surface area contributed by atoms with Gasteiger partial charge in [0.2, 0.25) is 5.91 Å². The lowest BCUT2D eigenvalue weighted by molar-refractivity contribution is -0.131. The Morgan fingerprint density at radius 1 is 1.16 bits per heavy atom. The molecule has 0 saturated heterocycles. The minimum atomic E-state index is -0.324. The van der Waals surface area contributed by atoms with Gasteiger partial charge in [0.15, 0.2) is 5.96 Å². The third-order valence-electron chi connectivity index (χ3n) is 5.04. The highest BCUT2D eigenvalue weighted by Crippen LogP contribution is 2.22. The van der Waals surface area contributed by atoms with E-state index in [4.69, 9.17) is 4.74 Å². The molecule has 32 heavy (non-hydrogen) atoms. The Morgan fingerprint density at radius 2 is 1.88 bits per heavy atom. The Balaban J connectivity index is 0.00000363. The molecule has 3 rings (SSSR count). The van der Waals surface area contributed by atoms with Crippen molar-refractivity contribution in [2.75, 3.05) is 19.6 Å². The Kier molecular flexibility index (Phi) is 10.7. The summed E-state index contributed by atoms with van der Waals surface area (Å²) in [6.07, 6.45) is 1.03. The summed E-state index contributed by atoms with van der Waals surface area (Å²) in [6, 6.07) is 14.3. The van der Waals surface area contributed by atoms with Crippen LogP contribution in [0.4, 0.5) is 4.39 Å². The summed E-state index contributed by atoms with van der Waals surface area (Å²) in [7, 11) is 0. The average molecular weight is 554 g/mol. The molecule has 6 nitrogen and oxygen atoms in total. The fourth-order valence-electron chi connectivity index (χ4n) is 3.49. The van der Waals surface area contributed by atoms with Crippen LogP contribution in [-0.4, -0.2) is 42.5 Å². The minimum absolute atomic E-state index is 0. The van der Waals surface area contributed by atoms with Crippen molar-refractivity contribution in [2.45, 2.75) is 45.9 Å². The summed E-state index contributed by atoms with van der Waals surface area (Å²) in [6.45, 7) is 7.11. The number of amides is 1. The summed E-state index contributed by atoms with van der Waals surface area (Å²) >= 11 is 0. The van der Waals surface area contributed by atoms with E-state index in [1.807, 2.05) is 30.9 Å². The molecule has 2 aromatic carbocycles. The van der Waals surface area contributed by atoms with Crippen LogP contribution in [0.1, 0.15) is 37.8 Å². The Hall–Kier alpha value is -2.36. The highest BCUT2D eigenvalue weighted by molar-refractivity contribution is 14.0. The fourth-order valence-corrected chi connectivity index (χ4v) is 3.49. The van der Waals surface area contributed by atoms with Crippen LogP contribution < -0.4 is 15.4 Å². The van der Waals surface area contributed by atoms with Crippen molar-refractivity contribution >= 4 is 35.8 Å². The van der Waals surface area contributed by atoms with Gasteiger partial charge in [0.05, 0.1) is 6.54 Å². The molecule has 2 aromatic rings. The number of rotatable bonds is 9. The third-order valence-corrected chi connectivity index (χ3v) is 5.04. The number of hydrogen-bond acceptors (Lipinski definition) is 3. The number of benzene rings is 2. The fraction of sp³-hybridized carbons (Fsp3) is 0.417. The predicted molar refractivity (Wildman–Crippen MR) is 136 cm³/mol. The Labute approximate surface area is 206 Å². The molecule has 0 fully saturated rings. The molecule has 1 aliphatic rings. The molecule has 1 heterocycles. The lowest BCUT2D eigenvalue weighted by Gasteiger charge is -2.17.